The number of alkyl halides is 3. The minimum atomic E-state index is -5.08. The van der Waals surface area contributed by atoms with Crippen molar-refractivity contribution in [3.05, 3.63) is 174 Å². The smallest absolute Gasteiger partial charge is 0.489 e. The standard InChI is InChI=1S/C58H66N10O9.C2HF3O2/c59-27-13-12-22-46-52(69)64-47(30-38-23-25-42(26-24-38)76-36-39-16-6-2-7-17-39)53(70)66-49(31-37-14-4-1-5-15-37)57(74)68-35-43(77-58(75)61-29-28-60)33-50(68)55(72)67-51(40-18-8-3-9-19-40)56(73)65-48(54(71)63-46)32-41-34-62-45-21-11-10-20-44(41)45;3-2(4,5)1(6)7/h1-11,14-21,23-26,34,43,46-51,62H,12-13,22,27-33,35-36,59-60H2,(H,61,75)(H,63,71)(H,64,69)(H,65,73)(H,66,70)(H,67,72);(H,6,7)/t43?,46-,47-,48+,49+,50-,51-;/m0./s1. The van der Waals surface area contributed by atoms with E-state index < -0.39 is 96.0 Å². The molecule has 2 aliphatic heterocycles. The van der Waals surface area contributed by atoms with Gasteiger partial charge in [0.15, 0.2) is 0 Å². The van der Waals surface area contributed by atoms with Crippen LogP contribution in [0.5, 0.6) is 5.75 Å². The Labute approximate surface area is 481 Å². The number of hydrogen-bond acceptors (Lipinski definition) is 12. The number of nitrogens with zero attached hydrogens (tertiary/aromatic N) is 1. The molecule has 0 spiro atoms. The number of unbranched alkanes of at least 4 members (excludes halogenated alkanes) is 1. The molecule has 5 aromatic carbocycles. The van der Waals surface area contributed by atoms with E-state index in [0.717, 1.165) is 16.5 Å². The number of hydrogen-bond donors (Lipinski definition) is 10. The Bertz CT molecular complexity index is 3190. The normalized spacial score (nSPS) is 20.7. The summed E-state index contributed by atoms with van der Waals surface area (Å²) in [4.78, 5) is 116. The van der Waals surface area contributed by atoms with Crippen molar-refractivity contribution < 1.29 is 66.1 Å². The number of ether oxygens (including phenoxy) is 2. The van der Waals surface area contributed by atoms with E-state index in [1.54, 1.807) is 85.1 Å². The third kappa shape index (κ3) is 17.9. The maximum absolute atomic E-state index is 15.3. The number of carboxylic acids is 1. The van der Waals surface area contributed by atoms with Gasteiger partial charge >= 0.3 is 18.2 Å². The van der Waals surface area contributed by atoms with Crippen molar-refractivity contribution in [3.8, 4) is 5.75 Å². The first-order chi connectivity index (χ1) is 40.4. The molecule has 24 heteroatoms. The Balaban J connectivity index is 0.00000136. The van der Waals surface area contributed by atoms with Gasteiger partial charge in [0.1, 0.15) is 54.7 Å². The van der Waals surface area contributed by atoms with Crippen LogP contribution in [0.1, 0.15) is 59.5 Å². The van der Waals surface area contributed by atoms with Crippen molar-refractivity contribution >= 4 is 58.4 Å². The van der Waals surface area contributed by atoms with Gasteiger partial charge in [-0.15, -0.1) is 0 Å². The van der Waals surface area contributed by atoms with Gasteiger partial charge in [-0.25, -0.2) is 9.59 Å². The summed E-state index contributed by atoms with van der Waals surface area (Å²) in [6.07, 6.45) is -4.43. The Hall–Kier alpha value is -9.29. The number of H-pyrrole nitrogens is 1. The molecule has 6 aromatic rings. The number of para-hydroxylation sites is 1. The van der Waals surface area contributed by atoms with Crippen LogP contribution in [0.2, 0.25) is 0 Å². The fraction of sp³-hybridized carbons (Fsp3) is 0.333. The van der Waals surface area contributed by atoms with Crippen LogP contribution in [0.25, 0.3) is 10.9 Å². The van der Waals surface area contributed by atoms with Crippen LogP contribution >= 0.6 is 0 Å². The highest BCUT2D eigenvalue weighted by Crippen LogP contribution is 2.26. The number of carboxylic acid groups (broad SMARTS) is 1. The number of amides is 7. The molecular weight excluding hydrogens is 1090 g/mol. The number of halogens is 3. The first-order valence-electron chi connectivity index (χ1n) is 27.3. The van der Waals surface area contributed by atoms with Crippen molar-refractivity contribution in [3.63, 3.8) is 0 Å². The first kappa shape index (κ1) is 62.3. The van der Waals surface area contributed by atoms with Crippen LogP contribution in [0, 0.1) is 0 Å². The monoisotopic (exact) mass is 1160 g/mol. The van der Waals surface area contributed by atoms with Gasteiger partial charge in [0.2, 0.25) is 35.4 Å². The number of carbonyl (C=O) groups is 8. The molecule has 0 aliphatic carbocycles. The number of benzene rings is 5. The van der Waals surface area contributed by atoms with E-state index in [-0.39, 0.29) is 51.7 Å². The van der Waals surface area contributed by atoms with Crippen molar-refractivity contribution in [2.75, 3.05) is 26.2 Å². The van der Waals surface area contributed by atoms with Gasteiger partial charge in [-0.05, 0) is 71.8 Å². The number of fused-ring (bicyclic) bond motifs is 2. The lowest BCUT2D eigenvalue weighted by Crippen LogP contribution is -2.61. The lowest BCUT2D eigenvalue weighted by atomic mass is 9.99. The Kier molecular flexibility index (Phi) is 22.4. The van der Waals surface area contributed by atoms with Crippen molar-refractivity contribution in [1.29, 1.82) is 0 Å². The van der Waals surface area contributed by atoms with E-state index in [4.69, 9.17) is 30.8 Å². The molecule has 3 heterocycles. The lowest BCUT2D eigenvalue weighted by Gasteiger charge is -2.32. The third-order valence-corrected chi connectivity index (χ3v) is 13.9. The number of rotatable bonds is 17. The molecule has 84 heavy (non-hydrogen) atoms. The zero-order valence-electron chi connectivity index (χ0n) is 45.6. The number of nitrogens with one attached hydrogen (secondary N) is 7. The highest BCUT2D eigenvalue weighted by Gasteiger charge is 2.45. The number of carbonyl (C=O) groups excluding carboxylic acids is 7. The maximum Gasteiger partial charge on any atom is 0.490 e. The minimum Gasteiger partial charge on any atom is -0.489 e. The molecule has 2 fully saturated rings. The van der Waals surface area contributed by atoms with Gasteiger partial charge in [-0.2, -0.15) is 13.2 Å². The van der Waals surface area contributed by atoms with Gasteiger partial charge in [0, 0.05) is 55.9 Å². The lowest BCUT2D eigenvalue weighted by molar-refractivity contribution is -0.192. The molecule has 2 saturated heterocycles. The van der Waals surface area contributed by atoms with Crippen molar-refractivity contribution in [2.45, 2.75) is 100 Å². The summed E-state index contributed by atoms with van der Waals surface area (Å²) >= 11 is 0. The van der Waals surface area contributed by atoms with Gasteiger partial charge in [-0.3, -0.25) is 28.8 Å². The van der Waals surface area contributed by atoms with E-state index >= 15 is 9.59 Å². The van der Waals surface area contributed by atoms with Crippen molar-refractivity contribution in [2.24, 2.45) is 11.5 Å². The summed E-state index contributed by atoms with van der Waals surface area (Å²) in [5.74, 6) is -6.52. The zero-order chi connectivity index (χ0) is 60.2. The summed E-state index contributed by atoms with van der Waals surface area (Å²) in [7, 11) is 0. The quantitative estimate of drug-likeness (QED) is 0.0579. The SMILES string of the molecule is NCCCC[C@@H]1NC(=O)[C@@H](Cc2c[nH]c3ccccc23)NC(=O)[C@H](c2ccccc2)NC(=O)[C@@H]2CC(OC(=O)NCCN)CN2C(=O)[C@@H](Cc2ccccc2)NC(=O)[C@H](Cc2ccc(OCc3ccccc3)cc2)NC1=O.O=C(O)C(F)(F)F. The van der Waals surface area contributed by atoms with Crippen LogP contribution in [-0.4, -0.2) is 131 Å². The number of alkyl carbamates (subject to hydrolysis) is 1. The molecular formula is C60H67F3N10O11. The van der Waals surface area contributed by atoms with E-state index in [2.05, 4.69) is 36.9 Å². The van der Waals surface area contributed by atoms with Crippen molar-refractivity contribution in [1.82, 2.24) is 41.8 Å². The topological polar surface area (TPSA) is 318 Å². The fourth-order valence-electron chi connectivity index (χ4n) is 9.65. The summed E-state index contributed by atoms with van der Waals surface area (Å²) in [6.45, 7) is 0.617. The Morgan fingerprint density at radius 2 is 1.17 bits per heavy atom. The largest absolute Gasteiger partial charge is 0.490 e. The molecule has 444 valence electrons. The number of aromatic nitrogens is 1. The highest BCUT2D eigenvalue weighted by molar-refractivity contribution is 5.99. The fourth-order valence-corrected chi connectivity index (χ4v) is 9.65. The van der Waals surface area contributed by atoms with E-state index in [1.807, 2.05) is 60.7 Å². The Morgan fingerprint density at radius 3 is 1.81 bits per heavy atom. The van der Waals surface area contributed by atoms with Crippen LogP contribution < -0.4 is 48.1 Å². The summed E-state index contributed by atoms with van der Waals surface area (Å²) in [5, 5.41) is 25.0. The Morgan fingerprint density at radius 1 is 0.619 bits per heavy atom. The van der Waals surface area contributed by atoms with Gasteiger partial charge in [0.05, 0.1) is 6.54 Å². The third-order valence-electron chi connectivity index (χ3n) is 13.9. The second kappa shape index (κ2) is 30.1. The van der Waals surface area contributed by atoms with Gasteiger partial charge < -0.3 is 67.8 Å². The van der Waals surface area contributed by atoms with E-state index in [9.17, 15) is 37.1 Å². The second-order valence-electron chi connectivity index (χ2n) is 20.0. The molecule has 7 amide bonds. The molecule has 0 bridgehead atoms. The molecule has 12 N–H and O–H groups in total. The second-order valence-corrected chi connectivity index (χ2v) is 20.0. The van der Waals surface area contributed by atoms with Gasteiger partial charge in [-0.1, -0.05) is 121 Å². The summed E-state index contributed by atoms with van der Waals surface area (Å²) < 4.78 is 43.5. The number of aliphatic carboxylic acids is 1. The average molecular weight is 1160 g/mol. The van der Waals surface area contributed by atoms with Crippen LogP contribution in [0.3, 0.4) is 0 Å². The highest BCUT2D eigenvalue weighted by atomic mass is 19.4. The van der Waals surface area contributed by atoms with E-state index in [0.29, 0.717) is 54.0 Å². The predicted molar refractivity (Wildman–Crippen MR) is 302 cm³/mol. The van der Waals surface area contributed by atoms with Gasteiger partial charge in [0.25, 0.3) is 0 Å². The number of aromatic amines is 1. The molecule has 1 aromatic heterocycles. The van der Waals surface area contributed by atoms with Crippen LogP contribution in [-0.2, 0) is 64.2 Å². The minimum absolute atomic E-state index is 0.0385. The maximum atomic E-state index is 15.3. The molecule has 1 unspecified atom stereocenters. The molecule has 8 rings (SSSR count). The van der Waals surface area contributed by atoms with E-state index in [1.165, 1.54) is 4.90 Å². The summed E-state index contributed by atoms with van der Waals surface area (Å²) in [6, 6.07) is 33.6. The molecule has 2 aliphatic rings. The predicted octanol–water partition coefficient (Wildman–Crippen LogP) is 4.00. The van der Waals surface area contributed by atoms with Crippen LogP contribution in [0.4, 0.5) is 18.0 Å². The molecule has 7 atom stereocenters. The zero-order valence-corrected chi connectivity index (χ0v) is 45.6. The molecule has 0 saturated carbocycles. The summed E-state index contributed by atoms with van der Waals surface area (Å²) in [5.41, 5.74) is 15.7. The first-order valence-corrected chi connectivity index (χ1v) is 27.3. The average Bonchev–Trinajstić information content (AvgIpc) is 4.33. The number of nitrogens with two attached hydrogens (primary N) is 2. The molecule has 0 radical (unpaired) electrons. The van der Waals surface area contributed by atoms with Crippen LogP contribution in [0.15, 0.2) is 146 Å². The molecule has 21 nitrogen and oxygen atoms in total.